The fraction of sp³-hybridized carbons (Fsp3) is 0.286. The number of para-hydroxylation sites is 1. The molecule has 0 aliphatic heterocycles. The Hall–Kier alpha value is -2.30. The lowest BCUT2D eigenvalue weighted by molar-refractivity contribution is -0.140. The highest BCUT2D eigenvalue weighted by molar-refractivity contribution is 5.75. The molecule has 0 saturated heterocycles. The second-order valence-electron chi connectivity index (χ2n) is 4.26. The van der Waals surface area contributed by atoms with Crippen molar-refractivity contribution in [1.82, 2.24) is 9.78 Å². The van der Waals surface area contributed by atoms with Gasteiger partial charge in [-0.3, -0.25) is 9.48 Å². The number of methoxy groups -OCH3 is 1. The first kappa shape index (κ1) is 13.1. The van der Waals surface area contributed by atoms with E-state index < -0.39 is 0 Å². The quantitative estimate of drug-likeness (QED) is 0.659. The summed E-state index contributed by atoms with van der Waals surface area (Å²) in [5, 5.41) is 4.27. The SMILES string of the molecule is COC(=O)CCCn1cc(-c2ccccc2N)cn1. The van der Waals surface area contributed by atoms with Crippen molar-refractivity contribution in [3.63, 3.8) is 0 Å². The largest absolute Gasteiger partial charge is 0.469 e. The third-order valence-corrected chi connectivity index (χ3v) is 2.90. The first-order valence-corrected chi connectivity index (χ1v) is 6.15. The zero-order chi connectivity index (χ0) is 13.7. The molecular formula is C14H17N3O2. The molecule has 0 radical (unpaired) electrons. The molecule has 0 aliphatic carbocycles. The van der Waals surface area contributed by atoms with E-state index in [4.69, 9.17) is 5.73 Å². The minimum atomic E-state index is -0.195. The third-order valence-electron chi connectivity index (χ3n) is 2.90. The Morgan fingerprint density at radius 3 is 2.95 bits per heavy atom. The fourth-order valence-corrected chi connectivity index (χ4v) is 1.87. The maximum atomic E-state index is 11.0. The summed E-state index contributed by atoms with van der Waals surface area (Å²) in [6.45, 7) is 0.682. The molecule has 0 bridgehead atoms. The topological polar surface area (TPSA) is 70.1 Å². The molecule has 5 heteroatoms. The molecular weight excluding hydrogens is 242 g/mol. The summed E-state index contributed by atoms with van der Waals surface area (Å²) >= 11 is 0. The second kappa shape index (κ2) is 6.04. The zero-order valence-electron chi connectivity index (χ0n) is 10.9. The van der Waals surface area contributed by atoms with Crippen molar-refractivity contribution < 1.29 is 9.53 Å². The Kier molecular flexibility index (Phi) is 4.18. The van der Waals surface area contributed by atoms with Gasteiger partial charge in [0, 0.05) is 36.0 Å². The van der Waals surface area contributed by atoms with E-state index in [0.717, 1.165) is 16.8 Å². The van der Waals surface area contributed by atoms with Crippen molar-refractivity contribution >= 4 is 11.7 Å². The van der Waals surface area contributed by atoms with E-state index in [1.54, 1.807) is 6.20 Å². The number of rotatable bonds is 5. The van der Waals surface area contributed by atoms with Crippen molar-refractivity contribution in [1.29, 1.82) is 0 Å². The first-order valence-electron chi connectivity index (χ1n) is 6.15. The van der Waals surface area contributed by atoms with Gasteiger partial charge in [-0.05, 0) is 12.5 Å². The number of ether oxygens (including phenoxy) is 1. The van der Waals surface area contributed by atoms with Gasteiger partial charge in [-0.25, -0.2) is 0 Å². The lowest BCUT2D eigenvalue weighted by Crippen LogP contribution is -2.04. The molecule has 1 aromatic heterocycles. The number of esters is 1. The number of aryl methyl sites for hydroxylation is 1. The summed E-state index contributed by atoms with van der Waals surface area (Å²) in [6.07, 6.45) is 4.82. The van der Waals surface area contributed by atoms with Crippen molar-refractivity contribution in [2.75, 3.05) is 12.8 Å². The van der Waals surface area contributed by atoms with Gasteiger partial charge in [0.05, 0.1) is 13.3 Å². The minimum absolute atomic E-state index is 0.195. The molecule has 0 fully saturated rings. The van der Waals surface area contributed by atoms with E-state index in [9.17, 15) is 4.79 Å². The van der Waals surface area contributed by atoms with Crippen molar-refractivity contribution in [3.8, 4) is 11.1 Å². The molecule has 0 amide bonds. The number of nitrogens with two attached hydrogens (primary N) is 1. The van der Waals surface area contributed by atoms with Gasteiger partial charge in [0.1, 0.15) is 0 Å². The number of nitrogens with zero attached hydrogens (tertiary/aromatic N) is 2. The highest BCUT2D eigenvalue weighted by Crippen LogP contribution is 2.24. The molecule has 2 aromatic rings. The van der Waals surface area contributed by atoms with Gasteiger partial charge < -0.3 is 10.5 Å². The molecule has 0 unspecified atom stereocenters. The van der Waals surface area contributed by atoms with Crippen molar-refractivity contribution in [3.05, 3.63) is 36.7 Å². The molecule has 1 heterocycles. The van der Waals surface area contributed by atoms with Crippen LogP contribution in [0.2, 0.25) is 0 Å². The normalized spacial score (nSPS) is 10.4. The smallest absolute Gasteiger partial charge is 0.305 e. The van der Waals surface area contributed by atoms with Gasteiger partial charge in [0.15, 0.2) is 0 Å². The van der Waals surface area contributed by atoms with E-state index in [1.807, 2.05) is 35.1 Å². The summed E-state index contributed by atoms with van der Waals surface area (Å²) in [7, 11) is 1.40. The Labute approximate surface area is 112 Å². The van der Waals surface area contributed by atoms with Crippen LogP contribution in [-0.4, -0.2) is 22.9 Å². The average molecular weight is 259 g/mol. The molecule has 0 saturated carbocycles. The zero-order valence-corrected chi connectivity index (χ0v) is 10.9. The third kappa shape index (κ3) is 3.34. The number of anilines is 1. The van der Waals surface area contributed by atoms with E-state index >= 15 is 0 Å². The average Bonchev–Trinajstić information content (AvgIpc) is 2.87. The van der Waals surface area contributed by atoms with Crippen molar-refractivity contribution in [2.24, 2.45) is 0 Å². The predicted molar refractivity (Wildman–Crippen MR) is 73.3 cm³/mol. The second-order valence-corrected chi connectivity index (χ2v) is 4.26. The van der Waals surface area contributed by atoms with Gasteiger partial charge in [0.25, 0.3) is 0 Å². The minimum Gasteiger partial charge on any atom is -0.469 e. The van der Waals surface area contributed by atoms with Crippen LogP contribution in [0.4, 0.5) is 5.69 Å². The number of hydrogen-bond donors (Lipinski definition) is 1. The standard InChI is InChI=1S/C14H17N3O2/c1-19-14(18)7-4-8-17-10-11(9-16-17)12-5-2-3-6-13(12)15/h2-3,5-6,9-10H,4,7-8,15H2,1H3. The van der Waals surface area contributed by atoms with Crippen LogP contribution >= 0.6 is 0 Å². The molecule has 2 N–H and O–H groups in total. The highest BCUT2D eigenvalue weighted by atomic mass is 16.5. The summed E-state index contributed by atoms with van der Waals surface area (Å²) in [5.74, 6) is -0.195. The van der Waals surface area contributed by atoms with Crippen LogP contribution in [0.1, 0.15) is 12.8 Å². The molecule has 1 aromatic carbocycles. The molecule has 0 spiro atoms. The van der Waals surface area contributed by atoms with Gasteiger partial charge in [0.2, 0.25) is 0 Å². The van der Waals surface area contributed by atoms with Crippen LogP contribution in [0.15, 0.2) is 36.7 Å². The highest BCUT2D eigenvalue weighted by Gasteiger charge is 2.05. The van der Waals surface area contributed by atoms with Crippen LogP contribution in [0.25, 0.3) is 11.1 Å². The maximum Gasteiger partial charge on any atom is 0.305 e. The summed E-state index contributed by atoms with van der Waals surface area (Å²) in [5.41, 5.74) is 8.61. The lowest BCUT2D eigenvalue weighted by Gasteiger charge is -2.02. The number of hydrogen-bond acceptors (Lipinski definition) is 4. The number of carbonyl (C=O) groups is 1. The number of aromatic nitrogens is 2. The summed E-state index contributed by atoms with van der Waals surface area (Å²) < 4.78 is 6.40. The van der Waals surface area contributed by atoms with Crippen LogP contribution in [0.5, 0.6) is 0 Å². The van der Waals surface area contributed by atoms with Crippen molar-refractivity contribution in [2.45, 2.75) is 19.4 Å². The molecule has 2 rings (SSSR count). The Morgan fingerprint density at radius 2 is 2.21 bits per heavy atom. The Bertz CT molecular complexity index is 563. The molecule has 0 aliphatic rings. The Morgan fingerprint density at radius 1 is 1.42 bits per heavy atom. The monoisotopic (exact) mass is 259 g/mol. The Balaban J connectivity index is 2.00. The van der Waals surface area contributed by atoms with Crippen LogP contribution < -0.4 is 5.73 Å². The molecule has 5 nitrogen and oxygen atoms in total. The van der Waals surface area contributed by atoms with Gasteiger partial charge in [-0.2, -0.15) is 5.10 Å². The van der Waals surface area contributed by atoms with Gasteiger partial charge >= 0.3 is 5.97 Å². The van der Waals surface area contributed by atoms with E-state index in [0.29, 0.717) is 19.4 Å². The molecule has 19 heavy (non-hydrogen) atoms. The van der Waals surface area contributed by atoms with E-state index in [-0.39, 0.29) is 5.97 Å². The maximum absolute atomic E-state index is 11.0. The number of benzene rings is 1. The lowest BCUT2D eigenvalue weighted by atomic mass is 10.1. The van der Waals surface area contributed by atoms with E-state index in [1.165, 1.54) is 7.11 Å². The summed E-state index contributed by atoms with van der Waals surface area (Å²) in [4.78, 5) is 11.0. The van der Waals surface area contributed by atoms with Gasteiger partial charge in [-0.15, -0.1) is 0 Å². The first-order chi connectivity index (χ1) is 9.20. The van der Waals surface area contributed by atoms with Crippen LogP contribution in [-0.2, 0) is 16.1 Å². The van der Waals surface area contributed by atoms with Crippen LogP contribution in [0, 0.1) is 0 Å². The molecule has 0 atom stereocenters. The van der Waals surface area contributed by atoms with Gasteiger partial charge in [-0.1, -0.05) is 18.2 Å². The fourth-order valence-electron chi connectivity index (χ4n) is 1.87. The van der Waals surface area contributed by atoms with E-state index in [2.05, 4.69) is 9.84 Å². The number of nitrogen functional groups attached to an aromatic ring is 1. The summed E-state index contributed by atoms with van der Waals surface area (Å²) in [6, 6.07) is 7.68. The number of carbonyl (C=O) groups excluding carboxylic acids is 1. The molecule has 100 valence electrons. The predicted octanol–water partition coefficient (Wildman–Crippen LogP) is 2.09. The van der Waals surface area contributed by atoms with Crippen LogP contribution in [0.3, 0.4) is 0 Å².